The van der Waals surface area contributed by atoms with Crippen LogP contribution >= 0.6 is 0 Å². The second-order valence-corrected chi connectivity index (χ2v) is 4.30. The Morgan fingerprint density at radius 1 is 1.16 bits per heavy atom. The highest BCUT2D eigenvalue weighted by Gasteiger charge is 2.04. The van der Waals surface area contributed by atoms with Crippen LogP contribution in [0.25, 0.3) is 0 Å². The predicted octanol–water partition coefficient (Wildman–Crippen LogP) is 2.71. The van der Waals surface area contributed by atoms with Crippen LogP contribution in [0.2, 0.25) is 0 Å². The van der Waals surface area contributed by atoms with Crippen LogP contribution in [0.15, 0.2) is 42.5 Å². The van der Waals surface area contributed by atoms with Gasteiger partial charge in [-0.05, 0) is 35.9 Å². The highest BCUT2D eigenvalue weighted by atomic mass is 19.1. The molecule has 0 radical (unpaired) electrons. The third-order valence-electron chi connectivity index (χ3n) is 2.84. The van der Waals surface area contributed by atoms with Crippen LogP contribution in [-0.4, -0.2) is 7.11 Å². The van der Waals surface area contributed by atoms with E-state index >= 15 is 0 Å². The summed E-state index contributed by atoms with van der Waals surface area (Å²) in [5, 5.41) is 3.24. The number of nitrogens with one attached hydrogen (secondary N) is 1. The van der Waals surface area contributed by atoms with Crippen molar-refractivity contribution in [3.05, 3.63) is 59.4 Å². The van der Waals surface area contributed by atoms with Crippen molar-refractivity contribution in [2.24, 2.45) is 0 Å². The fraction of sp³-hybridized carbons (Fsp3) is 0.200. The lowest BCUT2D eigenvalue weighted by molar-refractivity contribution is 0.406. The van der Waals surface area contributed by atoms with Crippen molar-refractivity contribution in [1.82, 2.24) is 5.32 Å². The van der Waals surface area contributed by atoms with Crippen LogP contribution in [0.3, 0.4) is 0 Å². The van der Waals surface area contributed by atoms with Gasteiger partial charge < -0.3 is 15.8 Å². The van der Waals surface area contributed by atoms with Crippen LogP contribution in [0.1, 0.15) is 11.1 Å². The van der Waals surface area contributed by atoms with E-state index in [1.807, 2.05) is 24.3 Å². The number of rotatable bonds is 5. The van der Waals surface area contributed by atoms with E-state index in [0.717, 1.165) is 16.8 Å². The summed E-state index contributed by atoms with van der Waals surface area (Å²) < 4.78 is 18.4. The molecule has 0 aliphatic carbocycles. The van der Waals surface area contributed by atoms with Crippen molar-refractivity contribution >= 4 is 5.69 Å². The molecule has 0 saturated carbocycles. The summed E-state index contributed by atoms with van der Waals surface area (Å²) in [6.07, 6.45) is 0. The fourth-order valence-electron chi connectivity index (χ4n) is 1.93. The third-order valence-corrected chi connectivity index (χ3v) is 2.84. The molecular formula is C15H17FN2O. The monoisotopic (exact) mass is 260 g/mol. The molecule has 2 aromatic carbocycles. The van der Waals surface area contributed by atoms with Gasteiger partial charge in [-0.1, -0.05) is 12.1 Å². The van der Waals surface area contributed by atoms with Gasteiger partial charge in [0.05, 0.1) is 7.11 Å². The van der Waals surface area contributed by atoms with Crippen LogP contribution in [0.4, 0.5) is 10.1 Å². The summed E-state index contributed by atoms with van der Waals surface area (Å²) in [5.41, 5.74) is 8.34. The standard InChI is InChI=1S/C15H17FN2O/c1-19-15-6-5-13(16)8-12(15)10-18-9-11-3-2-4-14(17)7-11/h2-8,18H,9-10,17H2,1H3. The molecule has 0 unspecified atom stereocenters. The topological polar surface area (TPSA) is 47.3 Å². The molecule has 3 nitrogen and oxygen atoms in total. The molecule has 2 aromatic rings. The molecule has 0 aromatic heterocycles. The number of nitrogens with two attached hydrogens (primary N) is 1. The molecule has 2 rings (SSSR count). The first kappa shape index (κ1) is 13.4. The number of halogens is 1. The van der Waals surface area contributed by atoms with Crippen molar-refractivity contribution in [1.29, 1.82) is 0 Å². The number of hydrogen-bond donors (Lipinski definition) is 2. The summed E-state index contributed by atoms with van der Waals surface area (Å²) in [4.78, 5) is 0. The highest BCUT2D eigenvalue weighted by molar-refractivity contribution is 5.40. The maximum absolute atomic E-state index is 13.2. The Bertz CT molecular complexity index is 558. The van der Waals surface area contributed by atoms with Crippen molar-refractivity contribution in [2.75, 3.05) is 12.8 Å². The van der Waals surface area contributed by atoms with Gasteiger partial charge >= 0.3 is 0 Å². The van der Waals surface area contributed by atoms with Gasteiger partial charge in [-0.3, -0.25) is 0 Å². The second kappa shape index (κ2) is 6.20. The molecule has 0 atom stereocenters. The fourth-order valence-corrected chi connectivity index (χ4v) is 1.93. The Balaban J connectivity index is 1.97. The zero-order valence-electron chi connectivity index (χ0n) is 10.8. The predicted molar refractivity (Wildman–Crippen MR) is 74.4 cm³/mol. The molecule has 3 N–H and O–H groups in total. The van der Waals surface area contributed by atoms with Gasteiger partial charge in [-0.15, -0.1) is 0 Å². The Kier molecular flexibility index (Phi) is 4.36. The number of ether oxygens (including phenoxy) is 1. The summed E-state index contributed by atoms with van der Waals surface area (Å²) >= 11 is 0. The molecule has 100 valence electrons. The zero-order valence-corrected chi connectivity index (χ0v) is 10.8. The first-order valence-corrected chi connectivity index (χ1v) is 6.06. The van der Waals surface area contributed by atoms with E-state index in [9.17, 15) is 4.39 Å². The van der Waals surface area contributed by atoms with Crippen LogP contribution in [-0.2, 0) is 13.1 Å². The summed E-state index contributed by atoms with van der Waals surface area (Å²) in [6.45, 7) is 1.21. The van der Waals surface area contributed by atoms with Gasteiger partial charge in [0.25, 0.3) is 0 Å². The third kappa shape index (κ3) is 3.69. The summed E-state index contributed by atoms with van der Waals surface area (Å²) in [7, 11) is 1.58. The van der Waals surface area contributed by atoms with Crippen LogP contribution < -0.4 is 15.8 Å². The molecule has 0 bridgehead atoms. The average Bonchev–Trinajstić information content (AvgIpc) is 2.39. The molecule has 0 heterocycles. The number of methoxy groups -OCH3 is 1. The minimum absolute atomic E-state index is 0.262. The van der Waals surface area contributed by atoms with Crippen LogP contribution in [0, 0.1) is 5.82 Å². The van der Waals surface area contributed by atoms with Gasteiger partial charge in [0, 0.05) is 24.3 Å². The molecule has 0 fully saturated rings. The lowest BCUT2D eigenvalue weighted by Gasteiger charge is -2.10. The Hall–Kier alpha value is -2.07. The lowest BCUT2D eigenvalue weighted by Crippen LogP contribution is -2.13. The molecule has 19 heavy (non-hydrogen) atoms. The molecule has 0 aliphatic heterocycles. The van der Waals surface area contributed by atoms with Gasteiger partial charge in [-0.2, -0.15) is 0 Å². The number of hydrogen-bond acceptors (Lipinski definition) is 3. The first-order chi connectivity index (χ1) is 9.19. The van der Waals surface area contributed by atoms with E-state index in [2.05, 4.69) is 5.32 Å². The van der Waals surface area contributed by atoms with E-state index < -0.39 is 0 Å². The van der Waals surface area contributed by atoms with Crippen molar-refractivity contribution in [2.45, 2.75) is 13.1 Å². The van der Waals surface area contributed by atoms with E-state index in [4.69, 9.17) is 10.5 Å². The van der Waals surface area contributed by atoms with Crippen molar-refractivity contribution in [3.8, 4) is 5.75 Å². The van der Waals surface area contributed by atoms with E-state index in [1.165, 1.54) is 12.1 Å². The van der Waals surface area contributed by atoms with E-state index in [-0.39, 0.29) is 5.82 Å². The number of nitrogen functional groups attached to an aromatic ring is 1. The second-order valence-electron chi connectivity index (χ2n) is 4.30. The molecule has 0 spiro atoms. The van der Waals surface area contributed by atoms with Gasteiger partial charge in [0.15, 0.2) is 0 Å². The maximum atomic E-state index is 13.2. The molecular weight excluding hydrogens is 243 g/mol. The lowest BCUT2D eigenvalue weighted by atomic mass is 10.1. The minimum Gasteiger partial charge on any atom is -0.496 e. The van der Waals surface area contributed by atoms with Gasteiger partial charge in [-0.25, -0.2) is 4.39 Å². The molecule has 0 amide bonds. The Morgan fingerprint density at radius 2 is 2.00 bits per heavy atom. The van der Waals surface area contributed by atoms with Gasteiger partial charge in [0.1, 0.15) is 11.6 Å². The quantitative estimate of drug-likeness (QED) is 0.813. The van der Waals surface area contributed by atoms with Crippen molar-refractivity contribution in [3.63, 3.8) is 0 Å². The molecule has 4 heteroatoms. The molecule has 0 aliphatic rings. The van der Waals surface area contributed by atoms with E-state index in [1.54, 1.807) is 13.2 Å². The number of benzene rings is 2. The SMILES string of the molecule is COc1ccc(F)cc1CNCc1cccc(N)c1. The highest BCUT2D eigenvalue weighted by Crippen LogP contribution is 2.19. The average molecular weight is 260 g/mol. The molecule has 0 saturated heterocycles. The largest absolute Gasteiger partial charge is 0.496 e. The maximum Gasteiger partial charge on any atom is 0.123 e. The van der Waals surface area contributed by atoms with Crippen LogP contribution in [0.5, 0.6) is 5.75 Å². The Morgan fingerprint density at radius 3 is 2.74 bits per heavy atom. The summed E-state index contributed by atoms with van der Waals surface area (Å²) in [6, 6.07) is 12.2. The first-order valence-electron chi connectivity index (χ1n) is 6.06. The van der Waals surface area contributed by atoms with Gasteiger partial charge in [0.2, 0.25) is 0 Å². The number of anilines is 1. The van der Waals surface area contributed by atoms with E-state index in [0.29, 0.717) is 18.8 Å². The van der Waals surface area contributed by atoms with Crippen molar-refractivity contribution < 1.29 is 9.13 Å². The minimum atomic E-state index is -0.262. The zero-order chi connectivity index (χ0) is 13.7. The normalized spacial score (nSPS) is 10.4. The summed E-state index contributed by atoms with van der Waals surface area (Å²) in [5.74, 6) is 0.419. The Labute approximate surface area is 112 Å². The smallest absolute Gasteiger partial charge is 0.123 e.